The Hall–Kier alpha value is -4.14. The van der Waals surface area contributed by atoms with E-state index in [1.807, 2.05) is 43.3 Å². The quantitative estimate of drug-likeness (QED) is 0.284. The number of amides is 3. The molecule has 2 aliphatic rings. The number of nitrogens with zero attached hydrogens (tertiary/aromatic N) is 3. The van der Waals surface area contributed by atoms with Gasteiger partial charge >= 0.3 is 6.09 Å². The van der Waals surface area contributed by atoms with E-state index in [4.69, 9.17) is 9.47 Å². The maximum atomic E-state index is 13.4. The largest absolute Gasteiger partial charge is 0.488 e. The molecule has 0 bridgehead atoms. The van der Waals surface area contributed by atoms with E-state index in [9.17, 15) is 28.2 Å². The number of hydrogen-bond acceptors (Lipinski definition) is 9. The normalized spacial score (nSPS) is 17.2. The number of carbonyl (C=O) groups is 5. The first-order chi connectivity index (χ1) is 23.3. The monoisotopic (exact) mass is 697 g/mol. The molecule has 2 aromatic carbocycles. The van der Waals surface area contributed by atoms with Crippen molar-refractivity contribution in [2.75, 3.05) is 40.3 Å². The van der Waals surface area contributed by atoms with Gasteiger partial charge in [0, 0.05) is 64.8 Å². The van der Waals surface area contributed by atoms with Crippen LogP contribution in [-0.2, 0) is 31.9 Å². The Balaban J connectivity index is 1.27. The van der Waals surface area contributed by atoms with Crippen LogP contribution >= 0.6 is 0 Å². The molecule has 2 aliphatic heterocycles. The second kappa shape index (κ2) is 17.0. The van der Waals surface area contributed by atoms with Crippen molar-refractivity contribution in [2.45, 2.75) is 81.7 Å². The first kappa shape index (κ1) is 37.7. The van der Waals surface area contributed by atoms with Crippen molar-refractivity contribution in [2.24, 2.45) is 0 Å². The Morgan fingerprint density at radius 2 is 1.80 bits per heavy atom. The van der Waals surface area contributed by atoms with Gasteiger partial charge in [-0.05, 0) is 69.9 Å². The van der Waals surface area contributed by atoms with Crippen LogP contribution in [0.25, 0.3) is 0 Å². The van der Waals surface area contributed by atoms with Gasteiger partial charge in [-0.1, -0.05) is 18.2 Å². The minimum Gasteiger partial charge on any atom is -0.488 e. The highest BCUT2D eigenvalue weighted by Crippen LogP contribution is 2.25. The molecule has 2 fully saturated rings. The SMILES string of the molecule is CNC(=O)CCC(C=O)N(C)C(=O)c1cc(CN2CC(Oc3cccc(S(=O)N4CCC(NC(=O)OC(C)(C)C)CC4)c3)C2)ccc1C=O. The lowest BCUT2D eigenvalue weighted by atomic mass is 10.0. The fourth-order valence-corrected chi connectivity index (χ4v) is 6.96. The molecule has 13 nitrogen and oxygen atoms in total. The fraction of sp³-hybridized carbons (Fsp3) is 0.514. The lowest BCUT2D eigenvalue weighted by Crippen LogP contribution is -2.53. The van der Waals surface area contributed by atoms with Crippen LogP contribution in [0.5, 0.6) is 5.75 Å². The van der Waals surface area contributed by atoms with Gasteiger partial charge in [0.25, 0.3) is 5.91 Å². The van der Waals surface area contributed by atoms with Crippen LogP contribution in [0.1, 0.15) is 72.7 Å². The van der Waals surface area contributed by atoms with Gasteiger partial charge in [-0.3, -0.25) is 19.3 Å². The fourth-order valence-electron chi connectivity index (χ4n) is 5.71. The molecule has 2 saturated heterocycles. The van der Waals surface area contributed by atoms with Crippen molar-refractivity contribution < 1.29 is 37.7 Å². The van der Waals surface area contributed by atoms with Crippen LogP contribution in [0, 0.1) is 0 Å². The first-order valence-electron chi connectivity index (χ1n) is 16.5. The lowest BCUT2D eigenvalue weighted by molar-refractivity contribution is -0.121. The second-order valence-corrected chi connectivity index (χ2v) is 14.9. The number of alkyl carbamates (subject to hydrolysis) is 1. The van der Waals surface area contributed by atoms with Gasteiger partial charge in [-0.25, -0.2) is 13.3 Å². The molecule has 14 heteroatoms. The highest BCUT2D eigenvalue weighted by atomic mass is 32.2. The Labute approximate surface area is 290 Å². The van der Waals surface area contributed by atoms with Gasteiger partial charge in [-0.15, -0.1) is 0 Å². The van der Waals surface area contributed by atoms with Crippen molar-refractivity contribution in [3.8, 4) is 5.75 Å². The summed E-state index contributed by atoms with van der Waals surface area (Å²) in [5.41, 5.74) is 0.686. The molecule has 4 rings (SSSR count). The molecule has 2 atom stereocenters. The molecule has 3 amide bonds. The van der Waals surface area contributed by atoms with Crippen molar-refractivity contribution >= 4 is 41.5 Å². The lowest BCUT2D eigenvalue weighted by Gasteiger charge is -2.39. The smallest absolute Gasteiger partial charge is 0.407 e. The van der Waals surface area contributed by atoms with E-state index in [2.05, 4.69) is 15.5 Å². The average molecular weight is 698 g/mol. The molecule has 0 spiro atoms. The summed E-state index contributed by atoms with van der Waals surface area (Å²) < 4.78 is 26.8. The van der Waals surface area contributed by atoms with E-state index in [1.54, 1.807) is 24.3 Å². The van der Waals surface area contributed by atoms with Crippen LogP contribution in [0.2, 0.25) is 0 Å². The maximum absolute atomic E-state index is 13.4. The Kier molecular flexibility index (Phi) is 13.1. The molecule has 0 aromatic heterocycles. The topological polar surface area (TPSA) is 155 Å². The molecule has 0 aliphatic carbocycles. The molecule has 266 valence electrons. The summed E-state index contributed by atoms with van der Waals surface area (Å²) in [6.45, 7) is 8.41. The average Bonchev–Trinajstić information content (AvgIpc) is 3.06. The summed E-state index contributed by atoms with van der Waals surface area (Å²) in [5, 5.41) is 5.40. The molecule has 0 radical (unpaired) electrons. The summed E-state index contributed by atoms with van der Waals surface area (Å²) in [5.74, 6) is -0.0722. The summed E-state index contributed by atoms with van der Waals surface area (Å²) in [7, 11) is 1.62. The van der Waals surface area contributed by atoms with E-state index < -0.39 is 34.6 Å². The highest BCUT2D eigenvalue weighted by Gasteiger charge is 2.31. The molecule has 0 saturated carbocycles. The summed E-state index contributed by atoms with van der Waals surface area (Å²) in [6, 6.07) is 11.5. The Bertz CT molecular complexity index is 1530. The minimum absolute atomic E-state index is 0.0307. The third-order valence-electron chi connectivity index (χ3n) is 8.45. The number of benzene rings is 2. The highest BCUT2D eigenvalue weighted by molar-refractivity contribution is 7.82. The number of rotatable bonds is 14. The van der Waals surface area contributed by atoms with Crippen molar-refractivity contribution in [3.63, 3.8) is 0 Å². The third kappa shape index (κ3) is 10.7. The molecular formula is C35H47N5O8S. The van der Waals surface area contributed by atoms with Gasteiger partial charge in [0.05, 0.1) is 16.5 Å². The predicted molar refractivity (Wildman–Crippen MR) is 184 cm³/mol. The molecule has 2 unspecified atom stereocenters. The van der Waals surface area contributed by atoms with Gasteiger partial charge in [-0.2, -0.15) is 0 Å². The second-order valence-electron chi connectivity index (χ2n) is 13.4. The van der Waals surface area contributed by atoms with E-state index in [0.717, 1.165) is 5.56 Å². The predicted octanol–water partition coefficient (Wildman–Crippen LogP) is 2.94. The first-order valence-corrected chi connectivity index (χ1v) is 17.6. The van der Waals surface area contributed by atoms with Gasteiger partial charge < -0.3 is 29.8 Å². The van der Waals surface area contributed by atoms with Crippen LogP contribution < -0.4 is 15.4 Å². The van der Waals surface area contributed by atoms with E-state index in [1.165, 1.54) is 19.0 Å². The third-order valence-corrected chi connectivity index (χ3v) is 9.94. The molecule has 2 aromatic rings. The van der Waals surface area contributed by atoms with Crippen LogP contribution in [0.4, 0.5) is 4.79 Å². The summed E-state index contributed by atoms with van der Waals surface area (Å²) >= 11 is 0. The van der Waals surface area contributed by atoms with Gasteiger partial charge in [0.15, 0.2) is 6.29 Å². The molecular weight excluding hydrogens is 650 g/mol. The zero-order chi connectivity index (χ0) is 35.7. The molecule has 49 heavy (non-hydrogen) atoms. The molecule has 2 heterocycles. The van der Waals surface area contributed by atoms with Crippen molar-refractivity contribution in [3.05, 3.63) is 59.2 Å². The van der Waals surface area contributed by atoms with E-state index >= 15 is 0 Å². The Morgan fingerprint density at radius 1 is 1.08 bits per heavy atom. The van der Waals surface area contributed by atoms with E-state index in [-0.39, 0.29) is 42.0 Å². The van der Waals surface area contributed by atoms with Crippen LogP contribution in [-0.4, -0.2) is 113 Å². The van der Waals surface area contributed by atoms with Crippen LogP contribution in [0.3, 0.4) is 0 Å². The number of hydrogen-bond donors (Lipinski definition) is 2. The number of carbonyl (C=O) groups excluding carboxylic acids is 5. The van der Waals surface area contributed by atoms with Crippen molar-refractivity contribution in [1.82, 2.24) is 24.7 Å². The standard InChI is InChI=1S/C35H47N5O8S/c1-35(2,3)48-34(45)37-26-13-15-40(16-14-26)49(46)30-8-6-7-28(18-30)47-29-20-39(21-29)19-24-9-10-25(22-41)31(17-24)33(44)38(5)27(23-42)11-12-32(43)36-4/h6-10,17-18,22-23,26-27,29H,11-16,19-21H2,1-5H3,(H,36,43)(H,37,45). The summed E-state index contributed by atoms with van der Waals surface area (Å²) in [6.07, 6.45) is 2.33. The zero-order valence-corrected chi connectivity index (χ0v) is 29.6. The Morgan fingerprint density at radius 3 is 2.43 bits per heavy atom. The number of ether oxygens (including phenoxy) is 2. The van der Waals surface area contributed by atoms with Crippen molar-refractivity contribution in [1.29, 1.82) is 0 Å². The number of piperidine rings is 1. The summed E-state index contributed by atoms with van der Waals surface area (Å²) in [4.78, 5) is 64.6. The minimum atomic E-state index is -1.37. The van der Waals surface area contributed by atoms with E-state index in [0.29, 0.717) is 68.8 Å². The maximum Gasteiger partial charge on any atom is 0.407 e. The number of nitrogens with one attached hydrogen (secondary N) is 2. The van der Waals surface area contributed by atoms with Gasteiger partial charge in [0.2, 0.25) is 5.91 Å². The van der Waals surface area contributed by atoms with Crippen LogP contribution in [0.15, 0.2) is 47.4 Å². The number of likely N-dealkylation sites (tertiary alicyclic amines) is 1. The number of aldehydes is 2. The molecule has 2 N–H and O–H groups in total. The van der Waals surface area contributed by atoms with Gasteiger partial charge in [0.1, 0.15) is 34.7 Å². The zero-order valence-electron chi connectivity index (χ0n) is 28.8. The number of likely N-dealkylation sites (N-methyl/N-ethyl adjacent to an activating group) is 1.